The van der Waals surface area contributed by atoms with Crippen molar-refractivity contribution < 1.29 is 5.11 Å². The minimum atomic E-state index is 0.113. The van der Waals surface area contributed by atoms with E-state index in [0.717, 1.165) is 22.5 Å². The minimum Gasteiger partial charge on any atom is -0.506 e. The monoisotopic (exact) mass is 298 g/mol. The van der Waals surface area contributed by atoms with E-state index in [4.69, 9.17) is 5.73 Å². The summed E-state index contributed by atoms with van der Waals surface area (Å²) in [5.74, 6) is 0.113. The van der Waals surface area contributed by atoms with E-state index in [-0.39, 0.29) is 5.75 Å². The lowest BCUT2D eigenvalue weighted by Crippen LogP contribution is -1.86. The van der Waals surface area contributed by atoms with E-state index in [0.29, 0.717) is 5.69 Å². The van der Waals surface area contributed by atoms with Gasteiger partial charge in [0.05, 0.1) is 15.9 Å². The number of hydrogen-bond donors (Lipinski definition) is 2. The Hall–Kier alpha value is -2.07. The topological polar surface area (TPSA) is 59.1 Å². The molecule has 0 amide bonds. The first-order valence-corrected chi connectivity index (χ1v) is 7.97. The number of unbranched alkanes of at least 4 members (excludes halogenated alkanes) is 1. The Morgan fingerprint density at radius 3 is 2.81 bits per heavy atom. The van der Waals surface area contributed by atoms with Crippen LogP contribution in [0.3, 0.4) is 0 Å². The average molecular weight is 298 g/mol. The molecule has 0 saturated heterocycles. The number of phenolic OH excluding ortho intramolecular Hbond substituents is 1. The summed E-state index contributed by atoms with van der Waals surface area (Å²) in [7, 11) is 0. The number of aryl methyl sites for hydroxylation is 1. The number of nitrogen functional groups attached to an aromatic ring is 1. The summed E-state index contributed by atoms with van der Waals surface area (Å²) in [5.41, 5.74) is 9.47. The van der Waals surface area contributed by atoms with Gasteiger partial charge in [-0.2, -0.15) is 0 Å². The summed E-state index contributed by atoms with van der Waals surface area (Å²) < 4.78 is 1.20. The highest BCUT2D eigenvalue weighted by atomic mass is 32.1. The number of fused-ring (bicyclic) bond motifs is 1. The lowest BCUT2D eigenvalue weighted by atomic mass is 10.1. The van der Waals surface area contributed by atoms with Crippen molar-refractivity contribution in [1.82, 2.24) is 4.98 Å². The molecule has 1 heterocycles. The molecule has 21 heavy (non-hydrogen) atoms. The highest BCUT2D eigenvalue weighted by molar-refractivity contribution is 7.21. The highest BCUT2D eigenvalue weighted by Crippen LogP contribution is 2.33. The maximum Gasteiger partial charge on any atom is 0.138 e. The Balaban J connectivity index is 1.98. The zero-order valence-electron chi connectivity index (χ0n) is 12.0. The van der Waals surface area contributed by atoms with Crippen molar-refractivity contribution in [2.75, 3.05) is 5.73 Å². The van der Waals surface area contributed by atoms with Crippen molar-refractivity contribution in [2.45, 2.75) is 26.2 Å². The third-order valence-corrected chi connectivity index (χ3v) is 4.61. The number of aromatic hydroxyl groups is 1. The number of nitrogens with two attached hydrogens (primary N) is 1. The van der Waals surface area contributed by atoms with E-state index in [9.17, 15) is 5.11 Å². The Labute approximate surface area is 128 Å². The van der Waals surface area contributed by atoms with Crippen molar-refractivity contribution in [3.63, 3.8) is 0 Å². The number of benzene rings is 2. The molecule has 4 heteroatoms. The SMILES string of the molecule is CCCCc1ccc2nc(-c3ccc(O)c(N)c3)sc2c1. The van der Waals surface area contributed by atoms with Gasteiger partial charge in [-0.25, -0.2) is 4.98 Å². The average Bonchev–Trinajstić information content (AvgIpc) is 2.91. The maximum atomic E-state index is 9.51. The molecule has 0 saturated carbocycles. The first kappa shape index (κ1) is 13.9. The third kappa shape index (κ3) is 2.85. The number of phenols is 1. The summed E-state index contributed by atoms with van der Waals surface area (Å²) in [6.45, 7) is 2.21. The number of aromatic nitrogens is 1. The van der Waals surface area contributed by atoms with Gasteiger partial charge in [0, 0.05) is 5.56 Å². The number of hydrogen-bond acceptors (Lipinski definition) is 4. The molecule has 0 radical (unpaired) electrons. The number of thiazole rings is 1. The molecular weight excluding hydrogens is 280 g/mol. The van der Waals surface area contributed by atoms with E-state index in [1.54, 1.807) is 23.5 Å². The lowest BCUT2D eigenvalue weighted by molar-refractivity contribution is 0.478. The van der Waals surface area contributed by atoms with Gasteiger partial charge >= 0.3 is 0 Å². The Kier molecular flexibility index (Phi) is 3.80. The van der Waals surface area contributed by atoms with Crippen molar-refractivity contribution in [3.05, 3.63) is 42.0 Å². The van der Waals surface area contributed by atoms with Gasteiger partial charge in [-0.05, 0) is 48.7 Å². The van der Waals surface area contributed by atoms with Crippen molar-refractivity contribution in [2.24, 2.45) is 0 Å². The first-order valence-electron chi connectivity index (χ1n) is 7.15. The molecule has 2 aromatic carbocycles. The quantitative estimate of drug-likeness (QED) is 0.547. The number of anilines is 1. The molecule has 108 valence electrons. The standard InChI is InChI=1S/C17H18N2OS/c1-2-3-4-11-5-7-14-16(9-11)21-17(19-14)12-6-8-15(20)13(18)10-12/h5-10,20H,2-4,18H2,1H3. The summed E-state index contributed by atoms with van der Waals surface area (Å²) in [5, 5.41) is 10.4. The van der Waals surface area contributed by atoms with Crippen LogP contribution in [0, 0.1) is 0 Å². The van der Waals surface area contributed by atoms with Crippen LogP contribution in [-0.2, 0) is 6.42 Å². The van der Waals surface area contributed by atoms with E-state index in [1.807, 2.05) is 6.07 Å². The van der Waals surface area contributed by atoms with E-state index < -0.39 is 0 Å². The van der Waals surface area contributed by atoms with Crippen LogP contribution in [0.5, 0.6) is 5.75 Å². The molecule has 0 aliphatic carbocycles. The summed E-state index contributed by atoms with van der Waals surface area (Å²) in [6, 6.07) is 11.7. The molecule has 3 aromatic rings. The van der Waals surface area contributed by atoms with Crippen LogP contribution in [-0.4, -0.2) is 10.1 Å². The van der Waals surface area contributed by atoms with Crippen molar-refractivity contribution in [3.8, 4) is 16.3 Å². The second kappa shape index (κ2) is 5.74. The normalized spacial score (nSPS) is 11.1. The molecule has 0 atom stereocenters. The molecule has 3 rings (SSSR count). The smallest absolute Gasteiger partial charge is 0.138 e. The summed E-state index contributed by atoms with van der Waals surface area (Å²) >= 11 is 1.66. The third-order valence-electron chi connectivity index (χ3n) is 3.55. The Morgan fingerprint density at radius 1 is 1.19 bits per heavy atom. The van der Waals surface area contributed by atoms with Crippen LogP contribution in [0.1, 0.15) is 25.3 Å². The molecule has 0 spiro atoms. The zero-order chi connectivity index (χ0) is 14.8. The second-order valence-corrected chi connectivity index (χ2v) is 6.23. The van der Waals surface area contributed by atoms with Crippen LogP contribution < -0.4 is 5.73 Å². The van der Waals surface area contributed by atoms with Crippen molar-refractivity contribution >= 4 is 27.2 Å². The van der Waals surface area contributed by atoms with Gasteiger partial charge in [0.25, 0.3) is 0 Å². The molecule has 3 nitrogen and oxygen atoms in total. The first-order chi connectivity index (χ1) is 10.2. The molecule has 0 bridgehead atoms. The fourth-order valence-electron chi connectivity index (χ4n) is 2.32. The van der Waals surface area contributed by atoms with Gasteiger partial charge in [0.1, 0.15) is 10.8 Å². The van der Waals surface area contributed by atoms with Crippen LogP contribution >= 0.6 is 11.3 Å². The summed E-state index contributed by atoms with van der Waals surface area (Å²) in [4.78, 5) is 4.66. The van der Waals surface area contributed by atoms with Crippen LogP contribution in [0.15, 0.2) is 36.4 Å². The maximum absolute atomic E-state index is 9.51. The second-order valence-electron chi connectivity index (χ2n) is 5.20. The number of rotatable bonds is 4. The minimum absolute atomic E-state index is 0.113. The van der Waals surface area contributed by atoms with Crippen LogP contribution in [0.25, 0.3) is 20.8 Å². The molecule has 0 fully saturated rings. The molecule has 0 aliphatic rings. The largest absolute Gasteiger partial charge is 0.506 e. The molecule has 3 N–H and O–H groups in total. The Morgan fingerprint density at radius 2 is 2.05 bits per heavy atom. The summed E-state index contributed by atoms with van der Waals surface area (Å²) in [6.07, 6.45) is 3.54. The van der Waals surface area contributed by atoms with E-state index in [2.05, 4.69) is 30.1 Å². The van der Waals surface area contributed by atoms with Gasteiger partial charge in [-0.3, -0.25) is 0 Å². The predicted molar refractivity (Wildman–Crippen MR) is 89.7 cm³/mol. The molecule has 1 aromatic heterocycles. The van der Waals surface area contributed by atoms with Gasteiger partial charge < -0.3 is 10.8 Å². The fourth-order valence-corrected chi connectivity index (χ4v) is 3.34. The molecule has 0 unspecified atom stereocenters. The van der Waals surface area contributed by atoms with Gasteiger partial charge in [-0.15, -0.1) is 11.3 Å². The Bertz CT molecular complexity index is 780. The highest BCUT2D eigenvalue weighted by Gasteiger charge is 2.08. The van der Waals surface area contributed by atoms with Crippen LogP contribution in [0.2, 0.25) is 0 Å². The van der Waals surface area contributed by atoms with Crippen LogP contribution in [0.4, 0.5) is 5.69 Å². The van der Waals surface area contributed by atoms with E-state index >= 15 is 0 Å². The molecular formula is C17H18N2OS. The van der Waals surface area contributed by atoms with E-state index in [1.165, 1.54) is 23.1 Å². The lowest BCUT2D eigenvalue weighted by Gasteiger charge is -2.00. The predicted octanol–water partition coefficient (Wildman–Crippen LogP) is 4.59. The van der Waals surface area contributed by atoms with Gasteiger partial charge in [-0.1, -0.05) is 19.4 Å². The number of nitrogens with zero attached hydrogens (tertiary/aromatic N) is 1. The van der Waals surface area contributed by atoms with Gasteiger partial charge in [0.2, 0.25) is 0 Å². The zero-order valence-corrected chi connectivity index (χ0v) is 12.8. The molecule has 0 aliphatic heterocycles. The van der Waals surface area contributed by atoms with Crippen molar-refractivity contribution in [1.29, 1.82) is 0 Å². The fraction of sp³-hybridized carbons (Fsp3) is 0.235. The van der Waals surface area contributed by atoms with Gasteiger partial charge in [0.15, 0.2) is 0 Å².